The SMILES string of the molecule is Cc1cc(N2CCN(c3cccnn3)CC2)cc2c1OC(C)O2. The summed E-state index contributed by atoms with van der Waals surface area (Å²) >= 11 is 0. The molecule has 0 N–H and O–H groups in total. The summed E-state index contributed by atoms with van der Waals surface area (Å²) in [5.41, 5.74) is 2.32. The second kappa shape index (κ2) is 5.61. The molecule has 4 rings (SSSR count). The van der Waals surface area contributed by atoms with Gasteiger partial charge in [-0.05, 0) is 30.7 Å². The Balaban J connectivity index is 1.49. The van der Waals surface area contributed by atoms with Crippen LogP contribution in [0.25, 0.3) is 0 Å². The smallest absolute Gasteiger partial charge is 0.238 e. The van der Waals surface area contributed by atoms with E-state index in [1.54, 1.807) is 6.20 Å². The molecular weight excluding hydrogens is 292 g/mol. The first-order chi connectivity index (χ1) is 11.2. The summed E-state index contributed by atoms with van der Waals surface area (Å²) in [6.07, 6.45) is 1.50. The van der Waals surface area contributed by atoms with Crippen molar-refractivity contribution in [1.29, 1.82) is 0 Å². The van der Waals surface area contributed by atoms with E-state index in [2.05, 4.69) is 39.1 Å². The van der Waals surface area contributed by atoms with E-state index < -0.39 is 0 Å². The Morgan fingerprint density at radius 3 is 2.61 bits per heavy atom. The lowest BCUT2D eigenvalue weighted by molar-refractivity contribution is 0.0675. The summed E-state index contributed by atoms with van der Waals surface area (Å²) in [4.78, 5) is 4.65. The third-order valence-corrected chi connectivity index (χ3v) is 4.33. The summed E-state index contributed by atoms with van der Waals surface area (Å²) in [6, 6.07) is 8.20. The van der Waals surface area contributed by atoms with Gasteiger partial charge in [0.05, 0.1) is 0 Å². The highest BCUT2D eigenvalue weighted by Gasteiger charge is 2.25. The molecule has 120 valence electrons. The van der Waals surface area contributed by atoms with Gasteiger partial charge in [-0.3, -0.25) is 0 Å². The molecule has 0 amide bonds. The van der Waals surface area contributed by atoms with Gasteiger partial charge in [-0.25, -0.2) is 0 Å². The quantitative estimate of drug-likeness (QED) is 0.847. The van der Waals surface area contributed by atoms with Crippen molar-refractivity contribution < 1.29 is 9.47 Å². The number of piperazine rings is 1. The van der Waals surface area contributed by atoms with Crippen molar-refractivity contribution in [3.63, 3.8) is 0 Å². The first kappa shape index (κ1) is 14.1. The topological polar surface area (TPSA) is 50.7 Å². The Morgan fingerprint density at radius 2 is 1.87 bits per heavy atom. The van der Waals surface area contributed by atoms with E-state index in [9.17, 15) is 0 Å². The third-order valence-electron chi connectivity index (χ3n) is 4.33. The largest absolute Gasteiger partial charge is 0.451 e. The van der Waals surface area contributed by atoms with Crippen LogP contribution in [0, 0.1) is 6.92 Å². The molecular formula is C17H20N4O2. The van der Waals surface area contributed by atoms with Crippen molar-refractivity contribution >= 4 is 11.5 Å². The Kier molecular flexibility index (Phi) is 3.44. The molecule has 1 aromatic carbocycles. The van der Waals surface area contributed by atoms with Gasteiger partial charge in [0.1, 0.15) is 0 Å². The van der Waals surface area contributed by atoms with Gasteiger partial charge < -0.3 is 19.3 Å². The van der Waals surface area contributed by atoms with Gasteiger partial charge >= 0.3 is 0 Å². The molecule has 3 heterocycles. The summed E-state index contributed by atoms with van der Waals surface area (Å²) in [5.74, 6) is 2.67. The van der Waals surface area contributed by atoms with Crippen LogP contribution in [0.4, 0.5) is 11.5 Å². The molecule has 0 aliphatic carbocycles. The van der Waals surface area contributed by atoms with Crippen LogP contribution >= 0.6 is 0 Å². The maximum Gasteiger partial charge on any atom is 0.238 e. The van der Waals surface area contributed by atoms with Crippen molar-refractivity contribution in [2.45, 2.75) is 20.1 Å². The van der Waals surface area contributed by atoms with Crippen molar-refractivity contribution in [1.82, 2.24) is 10.2 Å². The molecule has 0 spiro atoms. The Morgan fingerprint density at radius 1 is 1.09 bits per heavy atom. The van der Waals surface area contributed by atoms with Crippen LogP contribution in [0.3, 0.4) is 0 Å². The fourth-order valence-electron chi connectivity index (χ4n) is 3.17. The molecule has 1 saturated heterocycles. The summed E-state index contributed by atoms with van der Waals surface area (Å²) in [5, 5.41) is 8.15. The Hall–Kier alpha value is -2.50. The highest BCUT2D eigenvalue weighted by atomic mass is 16.7. The Labute approximate surface area is 135 Å². The molecule has 0 bridgehead atoms. The molecule has 1 unspecified atom stereocenters. The molecule has 0 saturated carbocycles. The summed E-state index contributed by atoms with van der Waals surface area (Å²) in [7, 11) is 0. The number of aromatic nitrogens is 2. The maximum absolute atomic E-state index is 5.73. The van der Waals surface area contributed by atoms with E-state index in [1.165, 1.54) is 5.69 Å². The average Bonchev–Trinajstić information content (AvgIpc) is 2.97. The molecule has 2 aliphatic rings. The number of hydrogen-bond acceptors (Lipinski definition) is 6. The second-order valence-corrected chi connectivity index (χ2v) is 5.95. The number of anilines is 2. The number of fused-ring (bicyclic) bond motifs is 1. The van der Waals surface area contributed by atoms with Gasteiger partial charge in [0.2, 0.25) is 6.29 Å². The first-order valence-electron chi connectivity index (χ1n) is 7.96. The average molecular weight is 312 g/mol. The van der Waals surface area contributed by atoms with E-state index in [1.807, 2.05) is 19.1 Å². The lowest BCUT2D eigenvalue weighted by Crippen LogP contribution is -2.46. The van der Waals surface area contributed by atoms with Gasteiger partial charge in [0.25, 0.3) is 0 Å². The summed E-state index contributed by atoms with van der Waals surface area (Å²) in [6.45, 7) is 7.75. The Bertz CT molecular complexity index is 699. The number of nitrogens with zero attached hydrogens (tertiary/aromatic N) is 4. The molecule has 6 heteroatoms. The van der Waals surface area contributed by atoms with Gasteiger partial charge in [-0.15, -0.1) is 5.10 Å². The molecule has 2 aliphatic heterocycles. The van der Waals surface area contributed by atoms with Crippen LogP contribution in [0.15, 0.2) is 30.5 Å². The van der Waals surface area contributed by atoms with Gasteiger partial charge in [-0.2, -0.15) is 5.10 Å². The minimum absolute atomic E-state index is 0.201. The van der Waals surface area contributed by atoms with Gasteiger partial charge in [0, 0.05) is 51.1 Å². The summed E-state index contributed by atoms with van der Waals surface area (Å²) < 4.78 is 11.4. The van der Waals surface area contributed by atoms with E-state index in [0.29, 0.717) is 0 Å². The zero-order chi connectivity index (χ0) is 15.8. The van der Waals surface area contributed by atoms with Crippen molar-refractivity contribution in [3.8, 4) is 11.5 Å². The van der Waals surface area contributed by atoms with E-state index in [-0.39, 0.29) is 6.29 Å². The zero-order valence-corrected chi connectivity index (χ0v) is 13.4. The molecule has 0 radical (unpaired) electrons. The van der Waals surface area contributed by atoms with Crippen LogP contribution < -0.4 is 19.3 Å². The highest BCUT2D eigenvalue weighted by molar-refractivity contribution is 5.61. The maximum atomic E-state index is 5.73. The van der Waals surface area contributed by atoms with Crippen LogP contribution in [-0.2, 0) is 0 Å². The normalized spacial score (nSPS) is 20.0. The number of rotatable bonds is 2. The van der Waals surface area contributed by atoms with Crippen LogP contribution in [0.1, 0.15) is 12.5 Å². The number of aryl methyl sites for hydroxylation is 1. The monoisotopic (exact) mass is 312 g/mol. The van der Waals surface area contributed by atoms with Crippen LogP contribution in [0.2, 0.25) is 0 Å². The lowest BCUT2D eigenvalue weighted by atomic mass is 10.1. The molecule has 1 fully saturated rings. The fourth-order valence-corrected chi connectivity index (χ4v) is 3.17. The third kappa shape index (κ3) is 2.65. The number of benzene rings is 1. The lowest BCUT2D eigenvalue weighted by Gasteiger charge is -2.36. The first-order valence-corrected chi connectivity index (χ1v) is 7.96. The number of ether oxygens (including phenoxy) is 2. The molecule has 2 aromatic rings. The minimum atomic E-state index is -0.201. The molecule has 1 atom stereocenters. The predicted octanol–water partition coefficient (Wildman–Crippen LogP) is 2.23. The fraction of sp³-hybridized carbons (Fsp3) is 0.412. The predicted molar refractivity (Wildman–Crippen MR) is 88.4 cm³/mol. The molecule has 6 nitrogen and oxygen atoms in total. The standard InChI is InChI=1S/C17H20N4O2/c1-12-10-14(11-15-17(12)23-13(2)22-15)20-6-8-21(9-7-20)16-4-3-5-18-19-16/h3-5,10-11,13H,6-9H2,1-2H3. The van der Waals surface area contributed by atoms with Crippen molar-refractivity contribution in [2.24, 2.45) is 0 Å². The molecule has 1 aromatic heterocycles. The number of hydrogen-bond donors (Lipinski definition) is 0. The van der Waals surface area contributed by atoms with Crippen molar-refractivity contribution in [2.75, 3.05) is 36.0 Å². The van der Waals surface area contributed by atoms with E-state index in [4.69, 9.17) is 9.47 Å². The van der Waals surface area contributed by atoms with E-state index in [0.717, 1.165) is 49.1 Å². The molecule has 23 heavy (non-hydrogen) atoms. The minimum Gasteiger partial charge on any atom is -0.451 e. The van der Waals surface area contributed by atoms with Crippen LogP contribution in [-0.4, -0.2) is 42.7 Å². The zero-order valence-electron chi connectivity index (χ0n) is 13.4. The van der Waals surface area contributed by atoms with E-state index >= 15 is 0 Å². The van der Waals surface area contributed by atoms with Crippen LogP contribution in [0.5, 0.6) is 11.5 Å². The van der Waals surface area contributed by atoms with Crippen molar-refractivity contribution in [3.05, 3.63) is 36.0 Å². The van der Waals surface area contributed by atoms with Gasteiger partial charge in [-0.1, -0.05) is 0 Å². The second-order valence-electron chi connectivity index (χ2n) is 5.95. The highest BCUT2D eigenvalue weighted by Crippen LogP contribution is 2.41. The van der Waals surface area contributed by atoms with Gasteiger partial charge in [0.15, 0.2) is 17.3 Å².